The third-order valence-corrected chi connectivity index (χ3v) is 3.77. The van der Waals surface area contributed by atoms with Gasteiger partial charge in [0.15, 0.2) is 0 Å². The van der Waals surface area contributed by atoms with Gasteiger partial charge in [0, 0.05) is 10.6 Å². The van der Waals surface area contributed by atoms with Crippen LogP contribution in [0.15, 0.2) is 53.4 Å². The van der Waals surface area contributed by atoms with Gasteiger partial charge in [0.2, 0.25) is 0 Å². The predicted molar refractivity (Wildman–Crippen MR) is 73.3 cm³/mol. The summed E-state index contributed by atoms with van der Waals surface area (Å²) in [6, 6.07) is 14.2. The zero-order chi connectivity index (χ0) is 13.0. The zero-order valence-corrected chi connectivity index (χ0v) is 11.0. The first-order valence-corrected chi connectivity index (χ1v) is 6.77. The highest BCUT2D eigenvalue weighted by Crippen LogP contribution is 2.25. The van der Waals surface area contributed by atoms with E-state index in [4.69, 9.17) is 0 Å². The van der Waals surface area contributed by atoms with Crippen molar-refractivity contribution in [1.82, 2.24) is 0 Å². The molecule has 2 aromatic carbocycles. The minimum absolute atomic E-state index is 0.280. The van der Waals surface area contributed by atoms with Crippen LogP contribution < -0.4 is 0 Å². The number of rotatable bonds is 4. The molecule has 0 fully saturated rings. The maximum atomic E-state index is 12.8. The molecule has 2 rings (SSSR count). The lowest BCUT2D eigenvalue weighted by Gasteiger charge is -2.10. The number of aryl methyl sites for hydroxylation is 1. The van der Waals surface area contributed by atoms with Gasteiger partial charge in [-0.1, -0.05) is 29.8 Å². The third-order valence-electron chi connectivity index (χ3n) is 2.68. The molecular weight excluding hydrogens is 247 g/mol. The number of aliphatic hydroxyl groups is 1. The Labute approximate surface area is 111 Å². The Morgan fingerprint density at radius 3 is 2.28 bits per heavy atom. The molecule has 3 heteroatoms. The van der Waals surface area contributed by atoms with Crippen LogP contribution in [0, 0.1) is 12.7 Å². The highest BCUT2D eigenvalue weighted by molar-refractivity contribution is 7.99. The molecule has 18 heavy (non-hydrogen) atoms. The average molecular weight is 262 g/mol. The van der Waals surface area contributed by atoms with E-state index in [0.717, 1.165) is 10.5 Å². The molecule has 0 spiro atoms. The molecule has 94 valence electrons. The average Bonchev–Trinajstić information content (AvgIpc) is 2.38. The lowest BCUT2D eigenvalue weighted by Crippen LogP contribution is -2.00. The van der Waals surface area contributed by atoms with E-state index in [1.807, 2.05) is 31.2 Å². The van der Waals surface area contributed by atoms with Gasteiger partial charge in [0.25, 0.3) is 0 Å². The summed E-state index contributed by atoms with van der Waals surface area (Å²) in [5.74, 6) is 0.284. The number of halogens is 1. The second-order valence-corrected chi connectivity index (χ2v) is 5.28. The van der Waals surface area contributed by atoms with Crippen molar-refractivity contribution in [3.63, 3.8) is 0 Å². The first kappa shape index (κ1) is 13.1. The number of thioether (sulfide) groups is 1. The molecule has 1 nitrogen and oxygen atoms in total. The van der Waals surface area contributed by atoms with Gasteiger partial charge < -0.3 is 5.11 Å². The van der Waals surface area contributed by atoms with Crippen molar-refractivity contribution in [2.75, 3.05) is 5.75 Å². The second kappa shape index (κ2) is 6.03. The molecular formula is C15H15FOS. The van der Waals surface area contributed by atoms with E-state index in [0.29, 0.717) is 5.75 Å². The normalized spacial score (nSPS) is 12.4. The van der Waals surface area contributed by atoms with Crippen molar-refractivity contribution in [3.05, 3.63) is 65.5 Å². The predicted octanol–water partition coefficient (Wildman–Crippen LogP) is 3.96. The zero-order valence-electron chi connectivity index (χ0n) is 10.1. The largest absolute Gasteiger partial charge is 0.388 e. The molecule has 0 aliphatic heterocycles. The monoisotopic (exact) mass is 262 g/mol. The van der Waals surface area contributed by atoms with Crippen LogP contribution in [-0.4, -0.2) is 10.9 Å². The molecule has 0 aliphatic rings. The SMILES string of the molecule is Cc1ccc(SC[C@@H](O)c2ccc(F)cc2)cc1. The number of hydrogen-bond donors (Lipinski definition) is 1. The third kappa shape index (κ3) is 3.59. The Morgan fingerprint density at radius 2 is 1.67 bits per heavy atom. The first-order valence-electron chi connectivity index (χ1n) is 5.78. The minimum Gasteiger partial charge on any atom is -0.388 e. The van der Waals surface area contributed by atoms with Crippen LogP contribution >= 0.6 is 11.8 Å². The van der Waals surface area contributed by atoms with Crippen LogP contribution in [0.5, 0.6) is 0 Å². The van der Waals surface area contributed by atoms with Gasteiger partial charge in [-0.2, -0.15) is 0 Å². The van der Waals surface area contributed by atoms with E-state index < -0.39 is 6.10 Å². The van der Waals surface area contributed by atoms with Crippen LogP contribution in [0.1, 0.15) is 17.2 Å². The Hall–Kier alpha value is -1.32. The van der Waals surface area contributed by atoms with Crippen LogP contribution in [0.2, 0.25) is 0 Å². The fraction of sp³-hybridized carbons (Fsp3) is 0.200. The molecule has 0 amide bonds. The first-order chi connectivity index (χ1) is 8.65. The van der Waals surface area contributed by atoms with Gasteiger partial charge in [-0.25, -0.2) is 4.39 Å². The van der Waals surface area contributed by atoms with Crippen molar-refractivity contribution < 1.29 is 9.50 Å². The van der Waals surface area contributed by atoms with E-state index in [9.17, 15) is 9.50 Å². The summed E-state index contributed by atoms with van der Waals surface area (Å²) in [4.78, 5) is 1.13. The van der Waals surface area contributed by atoms with Gasteiger partial charge in [0.1, 0.15) is 5.82 Å². The fourth-order valence-corrected chi connectivity index (χ4v) is 2.46. The molecule has 0 aromatic heterocycles. The maximum absolute atomic E-state index is 12.8. The Morgan fingerprint density at radius 1 is 1.06 bits per heavy atom. The summed E-state index contributed by atoms with van der Waals surface area (Å²) < 4.78 is 12.8. The van der Waals surface area contributed by atoms with Crippen molar-refractivity contribution >= 4 is 11.8 Å². The molecule has 1 atom stereocenters. The standard InChI is InChI=1S/C15H15FOS/c1-11-2-8-14(9-3-11)18-10-15(17)12-4-6-13(16)7-5-12/h2-9,15,17H,10H2,1H3/t15-/m1/s1. The van der Waals surface area contributed by atoms with Crippen LogP contribution in [0.25, 0.3) is 0 Å². The van der Waals surface area contributed by atoms with E-state index >= 15 is 0 Å². The van der Waals surface area contributed by atoms with E-state index in [-0.39, 0.29) is 5.82 Å². The minimum atomic E-state index is -0.572. The molecule has 0 unspecified atom stereocenters. The molecule has 0 aliphatic carbocycles. The topological polar surface area (TPSA) is 20.2 Å². The highest BCUT2D eigenvalue weighted by atomic mass is 32.2. The summed E-state index contributed by atoms with van der Waals surface area (Å²) in [5.41, 5.74) is 1.97. The molecule has 0 heterocycles. The highest BCUT2D eigenvalue weighted by Gasteiger charge is 2.08. The maximum Gasteiger partial charge on any atom is 0.123 e. The molecule has 2 aromatic rings. The quantitative estimate of drug-likeness (QED) is 0.842. The Balaban J connectivity index is 1.93. The molecule has 0 radical (unpaired) electrons. The fourth-order valence-electron chi connectivity index (χ4n) is 1.59. The number of hydrogen-bond acceptors (Lipinski definition) is 2. The molecule has 0 saturated heterocycles. The summed E-state index contributed by atoms with van der Waals surface area (Å²) in [6.45, 7) is 2.04. The van der Waals surface area contributed by atoms with Crippen molar-refractivity contribution in [3.8, 4) is 0 Å². The molecule has 0 bridgehead atoms. The number of aliphatic hydroxyl groups excluding tert-OH is 1. The molecule has 1 N–H and O–H groups in total. The summed E-state index contributed by atoms with van der Waals surface area (Å²) >= 11 is 1.59. The van der Waals surface area contributed by atoms with Gasteiger partial charge in [-0.05, 0) is 36.8 Å². The van der Waals surface area contributed by atoms with Crippen molar-refractivity contribution in [2.24, 2.45) is 0 Å². The van der Waals surface area contributed by atoms with E-state index in [2.05, 4.69) is 0 Å². The van der Waals surface area contributed by atoms with Crippen molar-refractivity contribution in [2.45, 2.75) is 17.9 Å². The van der Waals surface area contributed by atoms with Crippen molar-refractivity contribution in [1.29, 1.82) is 0 Å². The van der Waals surface area contributed by atoms with E-state index in [1.165, 1.54) is 17.7 Å². The Kier molecular flexibility index (Phi) is 4.39. The Bertz CT molecular complexity index is 493. The van der Waals surface area contributed by atoms with E-state index in [1.54, 1.807) is 23.9 Å². The van der Waals surface area contributed by atoms with Gasteiger partial charge >= 0.3 is 0 Å². The lowest BCUT2D eigenvalue weighted by atomic mass is 10.1. The lowest BCUT2D eigenvalue weighted by molar-refractivity contribution is 0.204. The van der Waals surface area contributed by atoms with Crippen LogP contribution in [0.4, 0.5) is 4.39 Å². The van der Waals surface area contributed by atoms with Gasteiger partial charge in [-0.15, -0.1) is 11.8 Å². The summed E-state index contributed by atoms with van der Waals surface area (Å²) in [5, 5.41) is 9.98. The van der Waals surface area contributed by atoms with Gasteiger partial charge in [-0.3, -0.25) is 0 Å². The van der Waals surface area contributed by atoms with Gasteiger partial charge in [0.05, 0.1) is 6.10 Å². The summed E-state index contributed by atoms with van der Waals surface area (Å²) in [6.07, 6.45) is -0.572. The summed E-state index contributed by atoms with van der Waals surface area (Å²) in [7, 11) is 0. The smallest absolute Gasteiger partial charge is 0.123 e. The second-order valence-electron chi connectivity index (χ2n) is 4.19. The van der Waals surface area contributed by atoms with Crippen LogP contribution in [0.3, 0.4) is 0 Å². The molecule has 0 saturated carbocycles. The number of benzene rings is 2. The van der Waals surface area contributed by atoms with Crippen LogP contribution in [-0.2, 0) is 0 Å².